The van der Waals surface area contributed by atoms with Crippen LogP contribution in [0.1, 0.15) is 11.1 Å². The van der Waals surface area contributed by atoms with Crippen LogP contribution in [-0.4, -0.2) is 19.9 Å². The molecule has 0 aliphatic heterocycles. The third-order valence-corrected chi connectivity index (χ3v) is 10.8. The fraction of sp³-hybridized carbons (Fsp3) is 0.0370. The van der Waals surface area contributed by atoms with Crippen LogP contribution >= 0.6 is 0 Å². The lowest BCUT2D eigenvalue weighted by Gasteiger charge is -2.26. The standard InChI is InChI=1S/C54H39N5/c1-36-16-20-40(21-17-36)51-53(57-49-14-8-6-12-47(49)55-51)42-26-32-45(33-27-42)59(44-30-24-39(25-31-44)38-10-4-3-5-11-38)46-34-28-43(29-35-46)54-52(41-22-18-37(2)19-23-41)56-48-13-7-9-15-50(48)58-54/h3-35H,1-2H3. The van der Waals surface area contributed by atoms with Crippen molar-refractivity contribution in [1.82, 2.24) is 19.9 Å². The van der Waals surface area contributed by atoms with Crippen LogP contribution in [0.4, 0.5) is 17.1 Å². The average Bonchev–Trinajstić information content (AvgIpc) is 3.30. The van der Waals surface area contributed by atoms with E-state index in [9.17, 15) is 0 Å². The van der Waals surface area contributed by atoms with Crippen molar-refractivity contribution in [3.8, 4) is 56.2 Å². The number of aromatic nitrogens is 4. The molecule has 0 fully saturated rings. The van der Waals surface area contributed by atoms with Crippen molar-refractivity contribution in [2.45, 2.75) is 13.8 Å². The molecule has 0 aliphatic rings. The molecule has 0 aliphatic carbocycles. The van der Waals surface area contributed by atoms with Crippen molar-refractivity contribution in [3.63, 3.8) is 0 Å². The van der Waals surface area contributed by atoms with Gasteiger partial charge in [-0.1, -0.05) is 151 Å². The van der Waals surface area contributed by atoms with E-state index in [4.69, 9.17) is 19.9 Å². The number of fused-ring (bicyclic) bond motifs is 2. The molecule has 0 radical (unpaired) electrons. The highest BCUT2D eigenvalue weighted by Gasteiger charge is 2.19. The Labute approximate surface area is 344 Å². The molecule has 2 aromatic heterocycles. The molecular formula is C54H39N5. The summed E-state index contributed by atoms with van der Waals surface area (Å²) in [6, 6.07) is 69.7. The predicted octanol–water partition coefficient (Wildman–Crippen LogP) is 14.0. The van der Waals surface area contributed by atoms with E-state index >= 15 is 0 Å². The quantitative estimate of drug-likeness (QED) is 0.154. The van der Waals surface area contributed by atoms with Crippen LogP contribution in [0.3, 0.4) is 0 Å². The summed E-state index contributed by atoms with van der Waals surface area (Å²) >= 11 is 0. The van der Waals surface area contributed by atoms with Gasteiger partial charge in [-0.25, -0.2) is 19.9 Å². The van der Waals surface area contributed by atoms with Gasteiger partial charge in [-0.05, 0) is 85.6 Å². The summed E-state index contributed by atoms with van der Waals surface area (Å²) in [5.41, 5.74) is 18.8. The Bertz CT molecular complexity index is 2900. The van der Waals surface area contributed by atoms with Gasteiger partial charge in [0.2, 0.25) is 0 Å². The summed E-state index contributed by atoms with van der Waals surface area (Å²) < 4.78 is 0. The Kier molecular flexibility index (Phi) is 9.24. The van der Waals surface area contributed by atoms with Gasteiger partial charge in [-0.3, -0.25) is 0 Å². The Balaban J connectivity index is 1.07. The molecule has 0 N–H and O–H groups in total. The Morgan fingerprint density at radius 1 is 0.254 bits per heavy atom. The number of nitrogens with zero attached hydrogens (tertiary/aromatic N) is 5. The van der Waals surface area contributed by atoms with E-state index in [1.165, 1.54) is 16.7 Å². The van der Waals surface area contributed by atoms with E-state index in [-0.39, 0.29) is 0 Å². The van der Waals surface area contributed by atoms with Gasteiger partial charge in [0, 0.05) is 39.3 Å². The Morgan fingerprint density at radius 2 is 0.508 bits per heavy atom. The highest BCUT2D eigenvalue weighted by Crippen LogP contribution is 2.40. The molecule has 0 amide bonds. The normalized spacial score (nSPS) is 11.2. The van der Waals surface area contributed by atoms with Gasteiger partial charge in [0.05, 0.1) is 44.8 Å². The summed E-state index contributed by atoms with van der Waals surface area (Å²) in [7, 11) is 0. The average molecular weight is 758 g/mol. The number of hydrogen-bond acceptors (Lipinski definition) is 5. The molecule has 0 unspecified atom stereocenters. The number of benzene rings is 8. The van der Waals surface area contributed by atoms with Gasteiger partial charge in [-0.2, -0.15) is 0 Å². The first-order valence-electron chi connectivity index (χ1n) is 19.9. The van der Waals surface area contributed by atoms with Crippen LogP contribution in [0.2, 0.25) is 0 Å². The van der Waals surface area contributed by atoms with Gasteiger partial charge in [-0.15, -0.1) is 0 Å². The minimum Gasteiger partial charge on any atom is -0.311 e. The van der Waals surface area contributed by atoms with Crippen LogP contribution < -0.4 is 4.90 Å². The fourth-order valence-electron chi connectivity index (χ4n) is 7.65. The van der Waals surface area contributed by atoms with Crippen molar-refractivity contribution in [2.75, 3.05) is 4.90 Å². The third kappa shape index (κ3) is 7.11. The van der Waals surface area contributed by atoms with E-state index < -0.39 is 0 Å². The lowest BCUT2D eigenvalue weighted by molar-refractivity contribution is 1.26. The Hall–Kier alpha value is -7.76. The van der Waals surface area contributed by atoms with Gasteiger partial charge >= 0.3 is 0 Å². The van der Waals surface area contributed by atoms with E-state index in [0.717, 1.165) is 89.7 Å². The first kappa shape index (κ1) is 35.6. The summed E-state index contributed by atoms with van der Waals surface area (Å²) in [4.78, 5) is 22.9. The zero-order valence-corrected chi connectivity index (χ0v) is 32.8. The van der Waals surface area contributed by atoms with Crippen LogP contribution in [0.5, 0.6) is 0 Å². The van der Waals surface area contributed by atoms with Crippen molar-refractivity contribution in [3.05, 3.63) is 211 Å². The van der Waals surface area contributed by atoms with E-state index in [1.807, 2.05) is 54.6 Å². The minimum atomic E-state index is 0.850. The maximum atomic E-state index is 5.18. The van der Waals surface area contributed by atoms with Gasteiger partial charge < -0.3 is 4.90 Å². The first-order chi connectivity index (χ1) is 29.0. The highest BCUT2D eigenvalue weighted by molar-refractivity contribution is 5.89. The van der Waals surface area contributed by atoms with Crippen LogP contribution in [0, 0.1) is 13.8 Å². The maximum Gasteiger partial charge on any atom is 0.0973 e. The molecule has 10 rings (SSSR count). The molecule has 10 aromatic rings. The molecule has 0 atom stereocenters. The second-order valence-corrected chi connectivity index (χ2v) is 14.9. The Morgan fingerprint density at radius 3 is 0.831 bits per heavy atom. The molecule has 5 heteroatoms. The zero-order valence-electron chi connectivity index (χ0n) is 32.8. The van der Waals surface area contributed by atoms with Crippen molar-refractivity contribution in [1.29, 1.82) is 0 Å². The molecule has 8 aromatic carbocycles. The van der Waals surface area contributed by atoms with Crippen molar-refractivity contribution in [2.24, 2.45) is 0 Å². The molecule has 0 bridgehead atoms. The van der Waals surface area contributed by atoms with E-state index in [2.05, 4.69) is 164 Å². The number of hydrogen-bond donors (Lipinski definition) is 0. The molecule has 0 saturated carbocycles. The number of aryl methyl sites for hydroxylation is 2. The fourth-order valence-corrected chi connectivity index (χ4v) is 7.65. The zero-order chi connectivity index (χ0) is 39.7. The molecular weight excluding hydrogens is 719 g/mol. The smallest absolute Gasteiger partial charge is 0.0973 e. The second-order valence-electron chi connectivity index (χ2n) is 14.9. The predicted molar refractivity (Wildman–Crippen MR) is 244 cm³/mol. The van der Waals surface area contributed by atoms with Crippen molar-refractivity contribution < 1.29 is 0 Å². The van der Waals surface area contributed by atoms with E-state index in [1.54, 1.807) is 0 Å². The molecule has 0 saturated heterocycles. The summed E-state index contributed by atoms with van der Waals surface area (Å²) in [5.74, 6) is 0. The summed E-state index contributed by atoms with van der Waals surface area (Å²) in [6.07, 6.45) is 0. The maximum absolute atomic E-state index is 5.18. The van der Waals surface area contributed by atoms with Gasteiger partial charge in [0.1, 0.15) is 0 Å². The van der Waals surface area contributed by atoms with Crippen LogP contribution in [-0.2, 0) is 0 Å². The molecule has 5 nitrogen and oxygen atoms in total. The largest absolute Gasteiger partial charge is 0.311 e. The summed E-state index contributed by atoms with van der Waals surface area (Å²) in [5, 5.41) is 0. The molecule has 59 heavy (non-hydrogen) atoms. The third-order valence-electron chi connectivity index (χ3n) is 10.8. The molecule has 0 spiro atoms. The van der Waals surface area contributed by atoms with Gasteiger partial charge in [0.15, 0.2) is 0 Å². The lowest BCUT2D eigenvalue weighted by Crippen LogP contribution is -2.10. The minimum absolute atomic E-state index is 0.850. The number of anilines is 3. The number of para-hydroxylation sites is 4. The van der Waals surface area contributed by atoms with Crippen LogP contribution in [0.25, 0.3) is 78.2 Å². The topological polar surface area (TPSA) is 54.8 Å². The number of rotatable bonds is 8. The lowest BCUT2D eigenvalue weighted by atomic mass is 10.0. The SMILES string of the molecule is Cc1ccc(-c2nc3ccccc3nc2-c2ccc(N(c3ccc(-c4ccccc4)cc3)c3ccc(-c4nc5ccccc5nc4-c4ccc(C)cc4)cc3)cc2)cc1. The molecule has 280 valence electrons. The van der Waals surface area contributed by atoms with Gasteiger partial charge in [0.25, 0.3) is 0 Å². The first-order valence-corrected chi connectivity index (χ1v) is 19.9. The highest BCUT2D eigenvalue weighted by atomic mass is 15.1. The van der Waals surface area contributed by atoms with Crippen LogP contribution in [0.15, 0.2) is 200 Å². The molecule has 2 heterocycles. The second kappa shape index (κ2) is 15.3. The van der Waals surface area contributed by atoms with E-state index in [0.29, 0.717) is 0 Å². The van der Waals surface area contributed by atoms with Crippen molar-refractivity contribution >= 4 is 39.1 Å². The summed E-state index contributed by atoms with van der Waals surface area (Å²) in [6.45, 7) is 4.20. The monoisotopic (exact) mass is 757 g/mol.